The van der Waals surface area contributed by atoms with Gasteiger partial charge >= 0.3 is 0 Å². The summed E-state index contributed by atoms with van der Waals surface area (Å²) in [5.41, 5.74) is 2.29. The normalized spacial score (nSPS) is 17.5. The lowest BCUT2D eigenvalue weighted by Gasteiger charge is -2.34. The van der Waals surface area contributed by atoms with Crippen molar-refractivity contribution < 1.29 is 13.2 Å². The molecule has 2 fully saturated rings. The Morgan fingerprint density at radius 3 is 2.25 bits per heavy atom. The van der Waals surface area contributed by atoms with E-state index >= 15 is 0 Å². The van der Waals surface area contributed by atoms with Crippen molar-refractivity contribution >= 4 is 27.5 Å². The summed E-state index contributed by atoms with van der Waals surface area (Å²) in [6, 6.07) is 17.9. The molecule has 9 heteroatoms. The molecule has 0 atom stereocenters. The first-order valence-corrected chi connectivity index (χ1v) is 12.5. The van der Waals surface area contributed by atoms with Crippen molar-refractivity contribution in [1.82, 2.24) is 19.0 Å². The molecule has 1 aliphatic heterocycles. The zero-order valence-corrected chi connectivity index (χ0v) is 19.0. The van der Waals surface area contributed by atoms with Gasteiger partial charge in [-0.2, -0.15) is 9.40 Å². The molecule has 0 N–H and O–H groups in total. The van der Waals surface area contributed by atoms with Gasteiger partial charge in [0.05, 0.1) is 16.4 Å². The topological polar surface area (TPSA) is 75.5 Å². The van der Waals surface area contributed by atoms with Gasteiger partial charge in [0.15, 0.2) is 0 Å². The van der Waals surface area contributed by atoms with Crippen molar-refractivity contribution in [2.24, 2.45) is 0 Å². The third-order valence-electron chi connectivity index (χ3n) is 5.92. The van der Waals surface area contributed by atoms with E-state index in [0.29, 0.717) is 24.7 Å². The number of carbonyl (C=O) groups is 1. The summed E-state index contributed by atoms with van der Waals surface area (Å²) in [5.74, 6) is 0.284. The first-order chi connectivity index (χ1) is 15.4. The maximum Gasteiger partial charge on any atom is 0.272 e. The maximum absolute atomic E-state index is 13.4. The Morgan fingerprint density at radius 1 is 0.938 bits per heavy atom. The standard InChI is InChI=1S/C23H23ClN4O3S/c24-19-8-4-5-9-22(19)32(30,31)27-14-12-26(13-15-27)23(29)21-16-20(17-10-11-17)25-28(21)18-6-2-1-3-7-18/h1-9,16-17H,10-15H2. The Hall–Kier alpha value is -2.68. The highest BCUT2D eigenvalue weighted by Gasteiger charge is 2.34. The number of piperazine rings is 1. The molecular weight excluding hydrogens is 448 g/mol. The quantitative estimate of drug-likeness (QED) is 0.571. The molecule has 5 rings (SSSR count). The number of hydrogen-bond donors (Lipinski definition) is 0. The third kappa shape index (κ3) is 3.94. The van der Waals surface area contributed by atoms with E-state index in [4.69, 9.17) is 16.7 Å². The summed E-state index contributed by atoms with van der Waals surface area (Å²) >= 11 is 6.12. The molecule has 2 heterocycles. The van der Waals surface area contributed by atoms with Crippen molar-refractivity contribution in [3.63, 3.8) is 0 Å². The van der Waals surface area contributed by atoms with E-state index in [9.17, 15) is 13.2 Å². The number of halogens is 1. The largest absolute Gasteiger partial charge is 0.335 e. The number of hydrogen-bond acceptors (Lipinski definition) is 4. The molecule has 1 amide bonds. The van der Waals surface area contributed by atoms with Gasteiger partial charge in [-0.05, 0) is 43.2 Å². The van der Waals surface area contributed by atoms with Crippen LogP contribution < -0.4 is 0 Å². The van der Waals surface area contributed by atoms with Crippen LogP contribution in [0.5, 0.6) is 0 Å². The predicted octanol–water partition coefficient (Wildman–Crippen LogP) is 3.55. The zero-order valence-electron chi connectivity index (χ0n) is 17.4. The lowest BCUT2D eigenvalue weighted by Crippen LogP contribution is -2.50. The van der Waals surface area contributed by atoms with E-state index < -0.39 is 10.0 Å². The molecule has 32 heavy (non-hydrogen) atoms. The molecule has 0 unspecified atom stereocenters. The molecule has 166 valence electrons. The van der Waals surface area contributed by atoms with Crippen LogP contribution in [0.4, 0.5) is 0 Å². The molecule has 1 saturated heterocycles. The van der Waals surface area contributed by atoms with Crippen LogP contribution in [0.2, 0.25) is 5.02 Å². The van der Waals surface area contributed by atoms with E-state index in [2.05, 4.69) is 0 Å². The Labute approximate surface area is 192 Å². The molecule has 1 saturated carbocycles. The molecule has 1 aromatic heterocycles. The molecule has 3 aromatic rings. The second kappa shape index (κ2) is 8.35. The fourth-order valence-electron chi connectivity index (χ4n) is 3.98. The third-order valence-corrected chi connectivity index (χ3v) is 8.32. The summed E-state index contributed by atoms with van der Waals surface area (Å²) < 4.78 is 29.1. The summed E-state index contributed by atoms with van der Waals surface area (Å²) in [5, 5.41) is 4.91. The molecular formula is C23H23ClN4O3S. The second-order valence-corrected chi connectivity index (χ2v) is 10.4. The SMILES string of the molecule is O=C(c1cc(C2CC2)nn1-c1ccccc1)N1CCN(S(=O)(=O)c2ccccc2Cl)CC1. The molecule has 2 aliphatic rings. The van der Waals surface area contributed by atoms with Crippen LogP contribution in [0.25, 0.3) is 5.69 Å². The van der Waals surface area contributed by atoms with Crippen LogP contribution in [0.1, 0.15) is 34.9 Å². The van der Waals surface area contributed by atoms with E-state index in [0.717, 1.165) is 24.2 Å². The number of rotatable bonds is 5. The first kappa shape index (κ1) is 21.2. The van der Waals surface area contributed by atoms with Crippen LogP contribution in [-0.4, -0.2) is 59.5 Å². The molecule has 7 nitrogen and oxygen atoms in total. The van der Waals surface area contributed by atoms with Crippen LogP contribution in [0.15, 0.2) is 65.6 Å². The lowest BCUT2D eigenvalue weighted by atomic mass is 10.2. The van der Waals surface area contributed by atoms with Crippen molar-refractivity contribution in [3.05, 3.63) is 77.1 Å². The highest BCUT2D eigenvalue weighted by atomic mass is 35.5. The van der Waals surface area contributed by atoms with Crippen molar-refractivity contribution in [1.29, 1.82) is 0 Å². The Balaban J connectivity index is 1.36. The summed E-state index contributed by atoms with van der Waals surface area (Å²) in [4.78, 5) is 15.2. The highest BCUT2D eigenvalue weighted by molar-refractivity contribution is 7.89. The molecule has 0 radical (unpaired) electrons. The van der Waals surface area contributed by atoms with E-state index in [1.807, 2.05) is 36.4 Å². The van der Waals surface area contributed by atoms with Crippen LogP contribution in [0, 0.1) is 0 Å². The van der Waals surface area contributed by atoms with E-state index in [-0.39, 0.29) is 28.9 Å². The minimum absolute atomic E-state index is 0.0951. The summed E-state index contributed by atoms with van der Waals surface area (Å²) in [6.07, 6.45) is 2.19. The molecule has 0 bridgehead atoms. The van der Waals surface area contributed by atoms with Gasteiger partial charge in [-0.15, -0.1) is 0 Å². The van der Waals surface area contributed by atoms with Gasteiger partial charge in [0.25, 0.3) is 5.91 Å². The number of amides is 1. The van der Waals surface area contributed by atoms with Gasteiger partial charge in [0.1, 0.15) is 10.6 Å². The fraction of sp³-hybridized carbons (Fsp3) is 0.304. The first-order valence-electron chi connectivity index (χ1n) is 10.6. The van der Waals surface area contributed by atoms with Gasteiger partial charge in [-0.3, -0.25) is 4.79 Å². The van der Waals surface area contributed by atoms with Crippen LogP contribution >= 0.6 is 11.6 Å². The van der Waals surface area contributed by atoms with Crippen molar-refractivity contribution in [2.45, 2.75) is 23.7 Å². The number of aromatic nitrogens is 2. The minimum atomic E-state index is -3.71. The van der Waals surface area contributed by atoms with Crippen molar-refractivity contribution in [2.75, 3.05) is 26.2 Å². The Morgan fingerprint density at radius 2 is 1.59 bits per heavy atom. The zero-order chi connectivity index (χ0) is 22.3. The number of sulfonamides is 1. The average Bonchev–Trinajstić information content (AvgIpc) is 3.58. The second-order valence-electron chi connectivity index (χ2n) is 8.10. The number of carbonyl (C=O) groups excluding carboxylic acids is 1. The van der Waals surface area contributed by atoms with Crippen molar-refractivity contribution in [3.8, 4) is 5.69 Å². The molecule has 2 aromatic carbocycles. The van der Waals surface area contributed by atoms with Gasteiger partial charge in [-0.25, -0.2) is 13.1 Å². The predicted molar refractivity (Wildman–Crippen MR) is 122 cm³/mol. The summed E-state index contributed by atoms with van der Waals surface area (Å²) in [6.45, 7) is 1.05. The highest BCUT2D eigenvalue weighted by Crippen LogP contribution is 2.40. The van der Waals surface area contributed by atoms with E-state index in [1.165, 1.54) is 10.4 Å². The van der Waals surface area contributed by atoms with Crippen LogP contribution in [0.3, 0.4) is 0 Å². The van der Waals surface area contributed by atoms with Gasteiger partial charge in [-0.1, -0.05) is 41.9 Å². The summed E-state index contributed by atoms with van der Waals surface area (Å²) in [7, 11) is -3.71. The maximum atomic E-state index is 13.4. The Kier molecular flexibility index (Phi) is 5.53. The molecule has 1 aliphatic carbocycles. The van der Waals surface area contributed by atoms with E-state index in [1.54, 1.807) is 27.8 Å². The van der Waals surface area contributed by atoms with Gasteiger partial charge < -0.3 is 4.90 Å². The minimum Gasteiger partial charge on any atom is -0.335 e. The monoisotopic (exact) mass is 470 g/mol. The van der Waals surface area contributed by atoms with Gasteiger partial charge in [0.2, 0.25) is 10.0 Å². The van der Waals surface area contributed by atoms with Gasteiger partial charge in [0, 0.05) is 32.1 Å². The lowest BCUT2D eigenvalue weighted by molar-refractivity contribution is 0.0688. The number of para-hydroxylation sites is 1. The molecule has 0 spiro atoms. The fourth-order valence-corrected chi connectivity index (χ4v) is 5.90. The number of nitrogens with zero attached hydrogens (tertiary/aromatic N) is 4. The average molecular weight is 471 g/mol. The smallest absolute Gasteiger partial charge is 0.272 e. The Bertz CT molecular complexity index is 1250. The van der Waals surface area contributed by atoms with Crippen LogP contribution in [-0.2, 0) is 10.0 Å². The number of benzene rings is 2.